The van der Waals surface area contributed by atoms with Crippen LogP contribution in [0.15, 0.2) is 66.3 Å². The van der Waals surface area contributed by atoms with E-state index in [1.54, 1.807) is 18.2 Å². The molecule has 3 aromatic heterocycles. The molecule has 7 nitrogen and oxygen atoms in total. The molecule has 0 spiro atoms. The lowest BCUT2D eigenvalue weighted by atomic mass is 10.1. The average Bonchev–Trinajstić information content (AvgIpc) is 2.67. The molecule has 27 heavy (non-hydrogen) atoms. The Hall–Kier alpha value is -3.56. The first-order valence-electron chi connectivity index (χ1n) is 7.62. The molecule has 3 heterocycles. The summed E-state index contributed by atoms with van der Waals surface area (Å²) in [6, 6.07) is 9.33. The first-order chi connectivity index (χ1) is 12.9. The molecule has 0 aliphatic rings. The van der Waals surface area contributed by atoms with Gasteiger partial charge in [0.2, 0.25) is 12.1 Å². The molecule has 0 aliphatic heterocycles. The molecule has 138 valence electrons. The van der Waals surface area contributed by atoms with E-state index in [0.29, 0.717) is 11.3 Å². The predicted octanol–water partition coefficient (Wildman–Crippen LogP) is 1.34. The van der Waals surface area contributed by atoms with Gasteiger partial charge in [0.15, 0.2) is 6.61 Å². The summed E-state index contributed by atoms with van der Waals surface area (Å²) in [5.41, 5.74) is 1.31. The fourth-order valence-electron chi connectivity index (χ4n) is 2.00. The Bertz CT molecular complexity index is 914. The van der Waals surface area contributed by atoms with Crippen molar-refractivity contribution in [3.05, 3.63) is 66.7 Å². The van der Waals surface area contributed by atoms with Gasteiger partial charge in [-0.1, -0.05) is 6.07 Å². The largest absolute Gasteiger partial charge is 0.854 e. The van der Waals surface area contributed by atoms with Crippen molar-refractivity contribution in [2.45, 2.75) is 6.18 Å². The van der Waals surface area contributed by atoms with Gasteiger partial charge < -0.3 is 9.84 Å². The van der Waals surface area contributed by atoms with Crippen LogP contribution in [0.2, 0.25) is 0 Å². The molecule has 0 bridgehead atoms. The second-order valence-electron chi connectivity index (χ2n) is 5.25. The maximum atomic E-state index is 12.1. The Morgan fingerprint density at radius 1 is 1.11 bits per heavy atom. The van der Waals surface area contributed by atoms with Crippen molar-refractivity contribution < 1.29 is 27.8 Å². The van der Waals surface area contributed by atoms with Crippen LogP contribution in [0.25, 0.3) is 11.3 Å². The van der Waals surface area contributed by atoms with Gasteiger partial charge in [-0.3, -0.25) is 4.98 Å². The minimum absolute atomic E-state index is 0.144. The maximum absolute atomic E-state index is 12.1. The molecule has 0 saturated heterocycles. The van der Waals surface area contributed by atoms with Gasteiger partial charge in [-0.25, -0.2) is 4.98 Å². The number of nitrogens with zero attached hydrogens (tertiary/aromatic N) is 5. The lowest BCUT2D eigenvalue weighted by Crippen LogP contribution is -2.36. The number of pyridine rings is 2. The van der Waals surface area contributed by atoms with E-state index >= 15 is 0 Å². The van der Waals surface area contributed by atoms with E-state index in [1.807, 2.05) is 0 Å². The molecule has 10 heteroatoms. The highest BCUT2D eigenvalue weighted by molar-refractivity contribution is 5.90. The van der Waals surface area contributed by atoms with E-state index in [4.69, 9.17) is 0 Å². The molecule has 0 fully saturated rings. The van der Waals surface area contributed by atoms with Crippen LogP contribution in [-0.4, -0.2) is 33.7 Å². The number of ether oxygens (including phenoxy) is 1. The summed E-state index contributed by atoms with van der Waals surface area (Å²) >= 11 is 0. The zero-order valence-corrected chi connectivity index (χ0v) is 13.7. The molecule has 0 N–H and O–H groups in total. The lowest BCUT2D eigenvalue weighted by molar-refractivity contribution is -0.739. The molecule has 3 rings (SSSR count). The Balaban J connectivity index is 1.71. The van der Waals surface area contributed by atoms with Gasteiger partial charge in [-0.15, -0.1) is 0 Å². The van der Waals surface area contributed by atoms with Crippen molar-refractivity contribution in [2.75, 3.05) is 6.61 Å². The van der Waals surface area contributed by atoms with Crippen molar-refractivity contribution in [2.24, 2.45) is 5.10 Å². The summed E-state index contributed by atoms with van der Waals surface area (Å²) in [6.45, 7) is -1.41. The smallest absolute Gasteiger partial charge is 0.422 e. The fraction of sp³-hybridized carbons (Fsp3) is 0.118. The van der Waals surface area contributed by atoms with Crippen LogP contribution < -0.4 is 14.6 Å². The third kappa shape index (κ3) is 5.21. The van der Waals surface area contributed by atoms with Gasteiger partial charge in [0.1, 0.15) is 0 Å². The fourth-order valence-corrected chi connectivity index (χ4v) is 2.00. The van der Waals surface area contributed by atoms with Gasteiger partial charge in [0.25, 0.3) is 0 Å². The molecule has 0 aromatic carbocycles. The van der Waals surface area contributed by atoms with Crippen molar-refractivity contribution in [1.82, 2.24) is 15.1 Å². The van der Waals surface area contributed by atoms with E-state index in [1.165, 1.54) is 43.0 Å². The Labute approximate surface area is 151 Å². The summed E-state index contributed by atoms with van der Waals surface area (Å²) in [5.74, 6) is -0.666. The number of rotatable bonds is 5. The van der Waals surface area contributed by atoms with Crippen LogP contribution in [0.4, 0.5) is 13.2 Å². The monoisotopic (exact) mass is 375 g/mol. The minimum atomic E-state index is -4.43. The maximum Gasteiger partial charge on any atom is 0.422 e. The number of halogens is 3. The Morgan fingerprint density at radius 2 is 1.96 bits per heavy atom. The van der Waals surface area contributed by atoms with Crippen LogP contribution in [0.5, 0.6) is 5.88 Å². The second kappa shape index (κ2) is 7.77. The topological polar surface area (TPSA) is 87.2 Å². The van der Waals surface area contributed by atoms with Crippen molar-refractivity contribution >= 4 is 5.90 Å². The zero-order valence-electron chi connectivity index (χ0n) is 13.7. The third-order valence-electron chi connectivity index (χ3n) is 3.22. The standard InChI is InChI=1S/C17H12F3N5O2/c18-17(19,20)11-27-15-6-4-12(9-22-15)14-5-3-13(10-21-14)16(26)24-25-8-2-1-7-23-25/h1-10H,11H2. The highest BCUT2D eigenvalue weighted by atomic mass is 19.4. The molecule has 0 atom stereocenters. The van der Waals surface area contributed by atoms with Crippen LogP contribution >= 0.6 is 0 Å². The summed E-state index contributed by atoms with van der Waals surface area (Å²) < 4.78 is 40.9. The van der Waals surface area contributed by atoms with Gasteiger partial charge in [-0.2, -0.15) is 13.2 Å². The van der Waals surface area contributed by atoms with Crippen molar-refractivity contribution in [3.8, 4) is 17.1 Å². The number of aromatic nitrogens is 4. The summed E-state index contributed by atoms with van der Waals surface area (Å²) in [5, 5.41) is 19.7. The van der Waals surface area contributed by atoms with E-state index in [9.17, 15) is 18.3 Å². The second-order valence-corrected chi connectivity index (χ2v) is 5.25. The summed E-state index contributed by atoms with van der Waals surface area (Å²) in [6.07, 6.45) is 1.27. The SMILES string of the molecule is [O-]C(=N[n+]1ccccn1)c1ccc(-c2ccc(OCC(F)(F)F)nc2)nc1. The van der Waals surface area contributed by atoms with Gasteiger partial charge in [-0.05, 0) is 18.2 Å². The van der Waals surface area contributed by atoms with E-state index in [2.05, 4.69) is 24.9 Å². The highest BCUT2D eigenvalue weighted by Crippen LogP contribution is 2.20. The molecule has 0 radical (unpaired) electrons. The summed E-state index contributed by atoms with van der Waals surface area (Å²) in [7, 11) is 0. The molecule has 0 aliphatic carbocycles. The van der Waals surface area contributed by atoms with Crippen molar-refractivity contribution in [3.63, 3.8) is 0 Å². The van der Waals surface area contributed by atoms with Crippen molar-refractivity contribution in [1.29, 1.82) is 0 Å². The minimum Gasteiger partial charge on any atom is -0.854 e. The lowest BCUT2D eigenvalue weighted by Gasteiger charge is -2.09. The molecule has 3 aromatic rings. The van der Waals surface area contributed by atoms with Gasteiger partial charge in [0.05, 0.1) is 22.6 Å². The first-order valence-corrected chi connectivity index (χ1v) is 7.62. The van der Waals surface area contributed by atoms with E-state index in [-0.39, 0.29) is 11.4 Å². The third-order valence-corrected chi connectivity index (χ3v) is 3.22. The number of hydrogen-bond acceptors (Lipinski definition) is 6. The summed E-state index contributed by atoms with van der Waals surface area (Å²) in [4.78, 5) is 9.11. The van der Waals surface area contributed by atoms with Crippen LogP contribution in [0.3, 0.4) is 0 Å². The quantitative estimate of drug-likeness (QED) is 0.382. The van der Waals surface area contributed by atoms with E-state index in [0.717, 1.165) is 4.79 Å². The zero-order chi connectivity index (χ0) is 19.3. The first kappa shape index (κ1) is 18.2. The molecular formula is C17H12F3N5O2. The van der Waals surface area contributed by atoms with Crippen LogP contribution in [-0.2, 0) is 0 Å². The Morgan fingerprint density at radius 3 is 2.56 bits per heavy atom. The molecule has 0 amide bonds. The van der Waals surface area contributed by atoms with Gasteiger partial charge >= 0.3 is 6.18 Å². The van der Waals surface area contributed by atoms with Crippen LogP contribution in [0, 0.1) is 0 Å². The average molecular weight is 375 g/mol. The van der Waals surface area contributed by atoms with Gasteiger partial charge in [0, 0.05) is 45.9 Å². The van der Waals surface area contributed by atoms with E-state index < -0.39 is 18.7 Å². The molecule has 0 saturated carbocycles. The number of hydrogen-bond donors (Lipinski definition) is 0. The molecule has 0 unspecified atom stereocenters. The normalized spacial score (nSPS) is 12.0. The predicted molar refractivity (Wildman–Crippen MR) is 85.4 cm³/mol. The Kier molecular flexibility index (Phi) is 5.25. The van der Waals surface area contributed by atoms with Crippen LogP contribution in [0.1, 0.15) is 5.56 Å². The molecular weight excluding hydrogens is 363 g/mol. The number of alkyl halides is 3. The highest BCUT2D eigenvalue weighted by Gasteiger charge is 2.28.